The molecule has 5 nitrogen and oxygen atoms in total. The van der Waals surface area contributed by atoms with Crippen LogP contribution in [0.4, 0.5) is 0 Å². The van der Waals surface area contributed by atoms with Crippen LogP contribution in [0, 0.1) is 6.92 Å². The Labute approximate surface area is 206 Å². The van der Waals surface area contributed by atoms with Crippen LogP contribution in [0.1, 0.15) is 72.5 Å². The van der Waals surface area contributed by atoms with Gasteiger partial charge in [-0.2, -0.15) is 0 Å². The first-order valence-electron chi connectivity index (χ1n) is 12.3. The zero-order valence-electron chi connectivity index (χ0n) is 20.4. The number of phenols is 1. The van der Waals surface area contributed by atoms with Gasteiger partial charge in [-0.3, -0.25) is 4.79 Å². The molecule has 0 bridgehead atoms. The van der Waals surface area contributed by atoms with E-state index in [9.17, 15) is 14.7 Å². The molecule has 3 aromatic carbocycles. The average Bonchev–Trinajstić information content (AvgIpc) is 2.82. The number of fused-ring (bicyclic) bond motifs is 2. The molecule has 3 aromatic rings. The molecule has 0 saturated carbocycles. The lowest BCUT2D eigenvalue weighted by Crippen LogP contribution is -2.17. The van der Waals surface area contributed by atoms with Crippen LogP contribution in [-0.4, -0.2) is 23.0 Å². The number of Topliss-reactive ketones (excluding diaryl/α,β-unsaturated/α-hetero) is 1. The monoisotopic (exact) mass is 472 g/mol. The summed E-state index contributed by atoms with van der Waals surface area (Å²) in [5.74, 6) is -0.0347. The highest BCUT2D eigenvalue weighted by atomic mass is 16.5. The Hall–Kier alpha value is -3.60. The summed E-state index contributed by atoms with van der Waals surface area (Å²) in [6.07, 6.45) is 7.18. The predicted octanol–water partition coefficient (Wildman–Crippen LogP) is 6.91. The van der Waals surface area contributed by atoms with Crippen LogP contribution in [-0.2, 0) is 16.1 Å². The molecule has 1 aliphatic rings. The van der Waals surface area contributed by atoms with Crippen molar-refractivity contribution in [3.8, 4) is 11.5 Å². The molecular formula is C30H32O5. The maximum absolute atomic E-state index is 12.9. The first-order chi connectivity index (χ1) is 16.9. The van der Waals surface area contributed by atoms with Crippen molar-refractivity contribution in [3.63, 3.8) is 0 Å². The Morgan fingerprint density at radius 2 is 1.86 bits per heavy atom. The summed E-state index contributed by atoms with van der Waals surface area (Å²) in [6, 6.07) is 15.6. The van der Waals surface area contributed by atoms with Crippen molar-refractivity contribution in [1.29, 1.82) is 0 Å². The molecule has 0 aromatic heterocycles. The molecule has 0 amide bonds. The zero-order chi connectivity index (χ0) is 24.8. The maximum Gasteiger partial charge on any atom is 0.342 e. The minimum Gasteiger partial charge on any atom is -0.507 e. The smallest absolute Gasteiger partial charge is 0.342 e. The third kappa shape index (κ3) is 6.10. The van der Waals surface area contributed by atoms with Crippen LogP contribution >= 0.6 is 0 Å². The van der Waals surface area contributed by atoms with E-state index in [1.54, 1.807) is 12.1 Å². The van der Waals surface area contributed by atoms with Crippen LogP contribution in [0.15, 0.2) is 54.6 Å². The fourth-order valence-electron chi connectivity index (χ4n) is 4.49. The number of cyclic esters (lactones) is 1. The molecular weight excluding hydrogens is 440 g/mol. The van der Waals surface area contributed by atoms with E-state index in [-0.39, 0.29) is 23.2 Å². The largest absolute Gasteiger partial charge is 0.507 e. The van der Waals surface area contributed by atoms with Crippen LogP contribution in [0.5, 0.6) is 11.5 Å². The lowest BCUT2D eigenvalue weighted by Gasteiger charge is -2.17. The highest BCUT2D eigenvalue weighted by Gasteiger charge is 2.21. The van der Waals surface area contributed by atoms with E-state index in [2.05, 4.69) is 31.2 Å². The molecule has 0 saturated heterocycles. The molecule has 5 heteroatoms. The fourth-order valence-corrected chi connectivity index (χ4v) is 4.49. The van der Waals surface area contributed by atoms with E-state index in [1.807, 2.05) is 25.1 Å². The number of esters is 1. The second-order valence-corrected chi connectivity index (χ2v) is 9.22. The summed E-state index contributed by atoms with van der Waals surface area (Å²) in [5.41, 5.74) is 2.87. The maximum atomic E-state index is 12.9. The molecule has 0 unspecified atom stereocenters. The summed E-state index contributed by atoms with van der Waals surface area (Å²) >= 11 is 0. The van der Waals surface area contributed by atoms with Gasteiger partial charge in [0.25, 0.3) is 0 Å². The van der Waals surface area contributed by atoms with Gasteiger partial charge in [0.1, 0.15) is 29.5 Å². The number of allylic oxidation sites excluding steroid dienone is 1. The highest BCUT2D eigenvalue weighted by Crippen LogP contribution is 2.32. The Balaban J connectivity index is 1.62. The second kappa shape index (κ2) is 11.2. The summed E-state index contributed by atoms with van der Waals surface area (Å²) in [4.78, 5) is 25.0. The first kappa shape index (κ1) is 24.5. The van der Waals surface area contributed by atoms with E-state index in [0.29, 0.717) is 50.0 Å². The number of hydrogen-bond acceptors (Lipinski definition) is 5. The summed E-state index contributed by atoms with van der Waals surface area (Å²) < 4.78 is 11.7. The van der Waals surface area contributed by atoms with Gasteiger partial charge >= 0.3 is 5.97 Å². The van der Waals surface area contributed by atoms with Crippen LogP contribution in [0.3, 0.4) is 0 Å². The number of benzene rings is 3. The molecule has 1 N–H and O–H groups in total. The molecule has 0 radical (unpaired) electrons. The fraction of sp³-hybridized carbons (Fsp3) is 0.333. The standard InChI is InChI=1S/C30H32O5/c1-20-15-16-22-10-6-7-14-26(22)27(20)19-34-25-17-23-11-4-3-5-12-24(31)13-8-9-21(2)35-30(33)29(23)28(32)18-25/h4,6-7,10-11,14-18,21,32H,3,5,8-9,12-13,19H2,1-2H3/b11-4+/t21-/m1/s1. The number of ether oxygens (including phenoxy) is 2. The molecule has 182 valence electrons. The number of aryl methyl sites for hydroxylation is 1. The molecule has 1 aliphatic heterocycles. The topological polar surface area (TPSA) is 72.8 Å². The van der Waals surface area contributed by atoms with E-state index >= 15 is 0 Å². The van der Waals surface area contributed by atoms with Crippen molar-refractivity contribution in [2.75, 3.05) is 0 Å². The van der Waals surface area contributed by atoms with Crippen molar-refractivity contribution in [2.24, 2.45) is 0 Å². The van der Waals surface area contributed by atoms with E-state index in [4.69, 9.17) is 9.47 Å². The predicted molar refractivity (Wildman–Crippen MR) is 138 cm³/mol. The highest BCUT2D eigenvalue weighted by molar-refractivity contribution is 5.97. The molecule has 35 heavy (non-hydrogen) atoms. The third-order valence-corrected chi connectivity index (χ3v) is 6.48. The number of hydrogen-bond donors (Lipinski definition) is 1. The van der Waals surface area contributed by atoms with Gasteiger partial charge in [-0.1, -0.05) is 48.6 Å². The minimum atomic E-state index is -0.575. The van der Waals surface area contributed by atoms with Crippen LogP contribution in [0.25, 0.3) is 16.8 Å². The number of ketones is 1. The van der Waals surface area contributed by atoms with Crippen LogP contribution in [0.2, 0.25) is 0 Å². The molecule has 1 heterocycles. The van der Waals surface area contributed by atoms with Gasteiger partial charge in [-0.05, 0) is 67.5 Å². The summed E-state index contributed by atoms with van der Waals surface area (Å²) in [5, 5.41) is 13.1. The lowest BCUT2D eigenvalue weighted by atomic mass is 10.0. The van der Waals surface area contributed by atoms with Gasteiger partial charge < -0.3 is 14.6 Å². The van der Waals surface area contributed by atoms with Gasteiger partial charge in [0, 0.05) is 24.5 Å². The second-order valence-electron chi connectivity index (χ2n) is 9.22. The Morgan fingerprint density at radius 1 is 1.06 bits per heavy atom. The van der Waals surface area contributed by atoms with Gasteiger partial charge in [0.15, 0.2) is 0 Å². The molecule has 0 fully saturated rings. The van der Waals surface area contributed by atoms with Gasteiger partial charge in [-0.25, -0.2) is 4.79 Å². The zero-order valence-corrected chi connectivity index (χ0v) is 20.4. The summed E-state index contributed by atoms with van der Waals surface area (Å²) in [6.45, 7) is 4.19. The van der Waals surface area contributed by atoms with Crippen LogP contribution < -0.4 is 4.74 Å². The lowest BCUT2D eigenvalue weighted by molar-refractivity contribution is -0.119. The van der Waals surface area contributed by atoms with E-state index in [1.165, 1.54) is 6.07 Å². The van der Waals surface area contributed by atoms with Crippen molar-refractivity contribution in [3.05, 3.63) is 76.9 Å². The first-order valence-corrected chi connectivity index (χ1v) is 12.3. The number of carbonyl (C=O) groups excluding carboxylic acids is 2. The third-order valence-electron chi connectivity index (χ3n) is 6.48. The van der Waals surface area contributed by atoms with Gasteiger partial charge in [0.05, 0.1) is 6.10 Å². The Morgan fingerprint density at radius 3 is 2.71 bits per heavy atom. The molecule has 1 atom stereocenters. The number of carbonyl (C=O) groups is 2. The molecule has 0 spiro atoms. The molecule has 0 aliphatic carbocycles. The van der Waals surface area contributed by atoms with Crippen molar-refractivity contribution in [2.45, 2.75) is 65.1 Å². The van der Waals surface area contributed by atoms with Crippen molar-refractivity contribution < 1.29 is 24.2 Å². The van der Waals surface area contributed by atoms with Crippen molar-refractivity contribution in [1.82, 2.24) is 0 Å². The normalized spacial score (nSPS) is 18.4. The van der Waals surface area contributed by atoms with E-state index < -0.39 is 5.97 Å². The molecule has 4 rings (SSSR count). The number of aromatic hydroxyl groups is 1. The number of rotatable bonds is 3. The Bertz CT molecular complexity index is 1260. The summed E-state index contributed by atoms with van der Waals surface area (Å²) in [7, 11) is 0. The van der Waals surface area contributed by atoms with Gasteiger partial charge in [0.2, 0.25) is 0 Å². The van der Waals surface area contributed by atoms with Gasteiger partial charge in [-0.15, -0.1) is 0 Å². The quantitative estimate of drug-likeness (QED) is 0.419. The van der Waals surface area contributed by atoms with Crippen molar-refractivity contribution >= 4 is 28.6 Å². The average molecular weight is 473 g/mol. The SMILES string of the molecule is Cc1ccc2ccccc2c1COc1cc(O)c2c(c1)/C=C/CCCC(=O)CCC[C@@H](C)OC2=O. The Kier molecular flexibility index (Phi) is 7.86. The van der Waals surface area contributed by atoms with E-state index in [0.717, 1.165) is 28.3 Å². The number of phenolic OH excluding ortho intramolecular Hbond substituents is 1. The minimum absolute atomic E-state index is 0.134.